The van der Waals surface area contributed by atoms with E-state index in [2.05, 4.69) is 200 Å². The molecule has 0 radical (unpaired) electrons. The molecule has 0 fully saturated rings. The first-order valence-electron chi connectivity index (χ1n) is 20.9. The van der Waals surface area contributed by atoms with Crippen molar-refractivity contribution in [3.8, 4) is 28.5 Å². The second kappa shape index (κ2) is 24.1. The molecule has 65 heavy (non-hydrogen) atoms. The highest BCUT2D eigenvalue weighted by Crippen LogP contribution is 2.32. The average molecular weight is 881 g/mol. The van der Waals surface area contributed by atoms with Crippen LogP contribution in [0.5, 0.6) is 0 Å². The lowest BCUT2D eigenvalue weighted by Gasteiger charge is -2.22. The lowest BCUT2D eigenvalue weighted by molar-refractivity contribution is 0.570. The Morgan fingerprint density at radius 2 is 1.00 bits per heavy atom. The number of oxazole rings is 1. The Balaban J connectivity index is 0.000000425. The van der Waals surface area contributed by atoms with Crippen LogP contribution in [0.2, 0.25) is 0 Å². The Kier molecular flexibility index (Phi) is 21.0. The van der Waals surface area contributed by atoms with Crippen molar-refractivity contribution in [3.63, 3.8) is 0 Å². The van der Waals surface area contributed by atoms with Crippen LogP contribution >= 0.6 is 0 Å². The summed E-state index contributed by atoms with van der Waals surface area (Å²) in [6.07, 6.45) is 15.9. The van der Waals surface area contributed by atoms with Gasteiger partial charge in [-0.05, 0) is 105 Å². The largest absolute Gasteiger partial charge is 0.445 e. The first-order chi connectivity index (χ1) is 28.7. The molecule has 0 bridgehead atoms. The van der Waals surface area contributed by atoms with Crippen LogP contribution < -0.4 is 0 Å². The minimum Gasteiger partial charge on any atom is -0.445 e. The molecule has 8 rings (SSSR count). The number of hydrogen-bond donors (Lipinski definition) is 0. The van der Waals surface area contributed by atoms with E-state index >= 15 is 0 Å². The normalized spacial score (nSPS) is 11.0. The number of imidazole rings is 1. The zero-order valence-electron chi connectivity index (χ0n) is 38.4. The molecule has 0 aliphatic carbocycles. The van der Waals surface area contributed by atoms with Gasteiger partial charge in [0.15, 0.2) is 0 Å². The second-order valence-corrected chi connectivity index (χ2v) is 19.2. The summed E-state index contributed by atoms with van der Waals surface area (Å²) in [6, 6.07) is 33.7. The van der Waals surface area contributed by atoms with Gasteiger partial charge in [-0.1, -0.05) is 161 Å². The van der Waals surface area contributed by atoms with Crippen molar-refractivity contribution in [1.29, 1.82) is 0 Å². The van der Waals surface area contributed by atoms with Crippen molar-refractivity contribution in [2.24, 2.45) is 0 Å². The summed E-state index contributed by atoms with van der Waals surface area (Å²) < 4.78 is 11.0. The maximum Gasteiger partial charge on any atom is 0.226 e. The Morgan fingerprint density at radius 3 is 1.43 bits per heavy atom. The minimum absolute atomic E-state index is 0. The van der Waals surface area contributed by atoms with Crippen molar-refractivity contribution in [2.45, 2.75) is 141 Å². The molecule has 8 aromatic rings. The maximum atomic E-state index is 5.36. The average Bonchev–Trinajstić information content (AvgIpc) is 4.06. The number of rotatable bonds is 4. The number of benzene rings is 4. The van der Waals surface area contributed by atoms with Gasteiger partial charge in [-0.2, -0.15) is 10.2 Å². The molecule has 0 saturated heterocycles. The Morgan fingerprint density at radius 1 is 0.477 bits per heavy atom. The van der Waals surface area contributed by atoms with Crippen LogP contribution in [0.25, 0.3) is 28.5 Å². The van der Waals surface area contributed by atoms with Gasteiger partial charge in [0, 0.05) is 36.0 Å². The Hall–Kier alpha value is -6.35. The lowest BCUT2D eigenvalue weighted by Crippen LogP contribution is -2.13. The summed E-state index contributed by atoms with van der Waals surface area (Å²) in [7, 11) is 0. The van der Waals surface area contributed by atoms with Gasteiger partial charge >= 0.3 is 0 Å². The summed E-state index contributed by atoms with van der Waals surface area (Å²) in [4.78, 5) is 12.2. The van der Waals surface area contributed by atoms with Crippen LogP contribution in [0.1, 0.15) is 141 Å². The SMILES string of the molecule is C.C.C.C.CC(C)(C)c1cccc(-n2cccn2)c1.CC(C)(C)c1cccc(-n2ccnc2)c1.CC(C)(C)c1cccc(-n2cncn2)c1.Cc1c(-c2ncco2)cccc1C(C)(C)C. The van der Waals surface area contributed by atoms with Gasteiger partial charge in [0.05, 0.1) is 23.9 Å². The third kappa shape index (κ3) is 16.0. The van der Waals surface area contributed by atoms with Crippen LogP contribution in [0.4, 0.5) is 0 Å². The molecular weight excluding hydrogens is 801 g/mol. The standard InChI is InChI=1S/C14H17NO.2C13H16N2.C12H15N3.4CH4/c1-10-11(13-15-8-9-16-13)6-5-7-12(10)14(2,3)4;1-13(2,3)11-6-4-7-12(10-11)15-9-5-8-14-15;1-13(2,3)11-5-4-6-12(9-11)15-8-7-14-10-15;1-12(2,3)10-5-4-6-11(7-10)15-9-13-8-14-15;;;;/h5-9H,1-4H3;2*4-10H,1-3H3;4-9H,1-3H3;4*1H4. The quantitative estimate of drug-likeness (QED) is 0.175. The van der Waals surface area contributed by atoms with Gasteiger partial charge in [-0.15, -0.1) is 0 Å². The second-order valence-electron chi connectivity index (χ2n) is 19.2. The van der Waals surface area contributed by atoms with Gasteiger partial charge in [0.25, 0.3) is 0 Å². The van der Waals surface area contributed by atoms with E-state index in [9.17, 15) is 0 Å². The van der Waals surface area contributed by atoms with Gasteiger partial charge < -0.3 is 8.98 Å². The molecular formula is C56H80N8O. The lowest BCUT2D eigenvalue weighted by atomic mass is 9.82. The molecule has 0 saturated carbocycles. The number of aromatic nitrogens is 8. The van der Waals surface area contributed by atoms with E-state index in [1.54, 1.807) is 42.2 Å². The van der Waals surface area contributed by atoms with E-state index in [0.717, 1.165) is 16.9 Å². The molecule has 0 aliphatic heterocycles. The van der Waals surface area contributed by atoms with E-state index in [1.807, 2.05) is 40.1 Å². The van der Waals surface area contributed by atoms with Crippen molar-refractivity contribution < 1.29 is 4.42 Å². The maximum absolute atomic E-state index is 5.36. The molecule has 0 unspecified atom stereocenters. The molecule has 0 aliphatic rings. The molecule has 0 N–H and O–H groups in total. The first-order valence-corrected chi connectivity index (χ1v) is 20.9. The molecule has 350 valence electrons. The topological polar surface area (TPSA) is 92.4 Å². The van der Waals surface area contributed by atoms with Crippen LogP contribution in [-0.4, -0.2) is 39.1 Å². The highest BCUT2D eigenvalue weighted by Gasteiger charge is 2.20. The Labute approximate surface area is 393 Å². The van der Waals surface area contributed by atoms with Crippen molar-refractivity contribution in [3.05, 3.63) is 181 Å². The zero-order valence-corrected chi connectivity index (χ0v) is 38.4. The summed E-state index contributed by atoms with van der Waals surface area (Å²) in [5.74, 6) is 0.698. The van der Waals surface area contributed by atoms with Gasteiger partial charge in [0.1, 0.15) is 18.9 Å². The fourth-order valence-corrected chi connectivity index (χ4v) is 6.57. The molecule has 0 spiro atoms. The van der Waals surface area contributed by atoms with E-state index in [4.69, 9.17) is 4.42 Å². The highest BCUT2D eigenvalue weighted by atomic mass is 16.3. The predicted octanol–water partition coefficient (Wildman–Crippen LogP) is 15.4. The van der Waals surface area contributed by atoms with Crippen LogP contribution in [-0.2, 0) is 21.7 Å². The molecule has 9 nitrogen and oxygen atoms in total. The van der Waals surface area contributed by atoms with Crippen LogP contribution in [0.3, 0.4) is 0 Å². The monoisotopic (exact) mass is 881 g/mol. The van der Waals surface area contributed by atoms with Crippen molar-refractivity contribution >= 4 is 0 Å². The molecule has 0 amide bonds. The zero-order chi connectivity index (χ0) is 44.4. The molecule has 9 heteroatoms. The van der Waals surface area contributed by atoms with Gasteiger partial charge in [-0.25, -0.2) is 24.3 Å². The Bertz CT molecular complexity index is 2300. The summed E-state index contributed by atoms with van der Waals surface area (Å²) in [5.41, 5.74) is 11.7. The smallest absolute Gasteiger partial charge is 0.226 e. The summed E-state index contributed by atoms with van der Waals surface area (Å²) in [6.45, 7) is 28.7. The van der Waals surface area contributed by atoms with E-state index in [0.29, 0.717) is 5.89 Å². The number of hydrogen-bond acceptors (Lipinski definition) is 6. The third-order valence-electron chi connectivity index (χ3n) is 10.2. The van der Waals surface area contributed by atoms with E-state index in [1.165, 1.54) is 33.5 Å². The van der Waals surface area contributed by atoms with E-state index < -0.39 is 0 Å². The van der Waals surface area contributed by atoms with Gasteiger partial charge in [0.2, 0.25) is 5.89 Å². The van der Waals surface area contributed by atoms with Crippen LogP contribution in [0.15, 0.2) is 158 Å². The third-order valence-corrected chi connectivity index (χ3v) is 10.2. The predicted molar refractivity (Wildman–Crippen MR) is 277 cm³/mol. The molecule has 4 heterocycles. The summed E-state index contributed by atoms with van der Waals surface area (Å²) in [5, 5.41) is 8.34. The van der Waals surface area contributed by atoms with Crippen LogP contribution in [0, 0.1) is 6.92 Å². The molecule has 4 aromatic heterocycles. The molecule has 4 aromatic carbocycles. The first kappa shape index (κ1) is 56.7. The fraction of sp³-hybridized carbons (Fsp3) is 0.375. The fourth-order valence-electron chi connectivity index (χ4n) is 6.57. The minimum atomic E-state index is 0. The highest BCUT2D eigenvalue weighted by molar-refractivity contribution is 5.61. The van der Waals surface area contributed by atoms with Gasteiger partial charge in [-0.3, -0.25) is 0 Å². The number of nitrogens with zero attached hydrogens (tertiary/aromatic N) is 8. The van der Waals surface area contributed by atoms with Crippen molar-refractivity contribution in [2.75, 3.05) is 0 Å². The van der Waals surface area contributed by atoms with E-state index in [-0.39, 0.29) is 51.4 Å². The van der Waals surface area contributed by atoms with Crippen molar-refractivity contribution in [1.82, 2.24) is 39.1 Å². The molecule has 0 atom stereocenters. The summed E-state index contributed by atoms with van der Waals surface area (Å²) >= 11 is 0.